The molecule has 162 valence electrons. The Labute approximate surface area is 216 Å². The summed E-state index contributed by atoms with van der Waals surface area (Å²) in [5, 5.41) is 11.1. The van der Waals surface area contributed by atoms with Gasteiger partial charge in [-0.2, -0.15) is 11.1 Å². The fourth-order valence-electron chi connectivity index (χ4n) is 5.42. The molecule has 0 radical (unpaired) electrons. The maximum atomic E-state index is 2.36. The Morgan fingerprint density at radius 2 is 0.939 bits per heavy atom. The van der Waals surface area contributed by atoms with Crippen LogP contribution in [0.25, 0.3) is 43.1 Å². The van der Waals surface area contributed by atoms with Gasteiger partial charge >= 0.3 is 25.8 Å². The molecule has 0 unspecified atom stereocenters. The first-order valence-electron chi connectivity index (χ1n) is 10.8. The van der Waals surface area contributed by atoms with E-state index in [1.54, 1.807) is 0 Å². The van der Waals surface area contributed by atoms with E-state index in [2.05, 4.69) is 98.8 Å². The van der Waals surface area contributed by atoms with E-state index in [0.29, 0.717) is 0 Å². The summed E-state index contributed by atoms with van der Waals surface area (Å²) in [4.78, 5) is 0. The molecule has 0 bridgehead atoms. The summed E-state index contributed by atoms with van der Waals surface area (Å²) >= 11 is 0. The smallest absolute Gasteiger partial charge is 0.358 e. The van der Waals surface area contributed by atoms with Gasteiger partial charge in [-0.1, -0.05) is 98.1 Å². The molecule has 0 nitrogen and oxygen atoms in total. The van der Waals surface area contributed by atoms with Gasteiger partial charge in [0.2, 0.25) is 0 Å². The van der Waals surface area contributed by atoms with Gasteiger partial charge in [0.05, 0.1) is 0 Å². The molecule has 33 heavy (non-hydrogen) atoms. The number of hydrogen-bond acceptors (Lipinski definition) is 0. The van der Waals surface area contributed by atoms with Crippen molar-refractivity contribution >= 4 is 43.1 Å². The molecule has 1 heteroatoms. The second kappa shape index (κ2) is 9.77. The van der Waals surface area contributed by atoms with Crippen LogP contribution in [0, 0.1) is 28.7 Å². The van der Waals surface area contributed by atoms with Crippen molar-refractivity contribution in [1.82, 2.24) is 0 Å². The van der Waals surface area contributed by atoms with Crippen LogP contribution in [0.15, 0.2) is 84.9 Å². The molecule has 6 rings (SSSR count). The van der Waals surface area contributed by atoms with Crippen LogP contribution in [0.5, 0.6) is 0 Å². The van der Waals surface area contributed by atoms with E-state index in [4.69, 9.17) is 0 Å². The summed E-state index contributed by atoms with van der Waals surface area (Å²) in [5.74, 6) is 0. The molecule has 6 aromatic rings. The topological polar surface area (TPSA) is 0 Å². The molecule has 0 fully saturated rings. The molecule has 0 heterocycles. The van der Waals surface area contributed by atoms with Crippen LogP contribution in [-0.4, -0.2) is 0 Å². The first-order valence-corrected chi connectivity index (χ1v) is 10.8. The minimum absolute atomic E-state index is 0. The maximum Gasteiger partial charge on any atom is 4.00 e. The molecule has 0 aromatic heterocycles. The van der Waals surface area contributed by atoms with E-state index >= 15 is 0 Å². The molecule has 0 atom stereocenters. The average molecular weight is 593 g/mol. The van der Waals surface area contributed by atoms with Crippen LogP contribution >= 0.6 is 0 Å². The van der Waals surface area contributed by atoms with E-state index in [9.17, 15) is 0 Å². The molecule has 0 N–H and O–H groups in total. The molecular weight excluding hydrogens is 563 g/mol. The maximum absolute atomic E-state index is 2.36. The Hall–Kier alpha value is -2.51. The number of hydrogen-bond donors (Lipinski definition) is 0. The summed E-state index contributed by atoms with van der Waals surface area (Å²) in [7, 11) is 0. The van der Waals surface area contributed by atoms with Crippen LogP contribution < -0.4 is 0 Å². The first kappa shape index (κ1) is 25.1. The van der Waals surface area contributed by atoms with Crippen molar-refractivity contribution in [3.05, 3.63) is 122 Å². The van der Waals surface area contributed by atoms with Crippen LogP contribution in [0.4, 0.5) is 0 Å². The summed E-state index contributed by atoms with van der Waals surface area (Å²) in [5.41, 5.74) is 5.85. The third-order valence-electron chi connectivity index (χ3n) is 6.85. The quantitative estimate of drug-likeness (QED) is 0.142. The number of fused-ring (bicyclic) bond motifs is 6. The third-order valence-corrected chi connectivity index (χ3v) is 6.85. The third kappa shape index (κ3) is 4.02. The van der Waals surface area contributed by atoms with E-state index < -0.39 is 0 Å². The zero-order valence-corrected chi connectivity index (χ0v) is 23.6. The average Bonchev–Trinajstić information content (AvgIpc) is 3.27. The van der Waals surface area contributed by atoms with E-state index in [1.165, 1.54) is 65.3 Å². The largest absolute Gasteiger partial charge is 4.00 e. The number of rotatable bonds is 3. The van der Waals surface area contributed by atoms with Crippen molar-refractivity contribution in [3.8, 4) is 0 Å². The molecule has 0 saturated carbocycles. The predicted octanol–water partition coefficient (Wildman–Crippen LogP) is 9.04. The SMILES string of the molecule is Cc1[cH-]c2ccc3ccccc3c2c1CCc1c(C)[cH-]c2ccc3ccccc3c12.[CH3-].[CH3-].[Hf+4]. The van der Waals surface area contributed by atoms with Crippen LogP contribution in [0.3, 0.4) is 0 Å². The van der Waals surface area contributed by atoms with Gasteiger partial charge in [-0.05, 0) is 10.8 Å². The molecule has 0 saturated heterocycles. The summed E-state index contributed by atoms with van der Waals surface area (Å²) in [6.45, 7) is 4.55. The molecule has 0 aliphatic carbocycles. The fourth-order valence-corrected chi connectivity index (χ4v) is 5.42. The van der Waals surface area contributed by atoms with E-state index in [-0.39, 0.29) is 40.7 Å². The van der Waals surface area contributed by atoms with Gasteiger partial charge in [0.25, 0.3) is 0 Å². The Kier molecular flexibility index (Phi) is 7.44. The minimum atomic E-state index is 0. The van der Waals surface area contributed by atoms with E-state index in [1.807, 2.05) is 0 Å². The zero-order valence-electron chi connectivity index (χ0n) is 20.0. The van der Waals surface area contributed by atoms with Gasteiger partial charge in [0, 0.05) is 0 Å². The molecule has 0 spiro atoms. The number of benzene rings is 4. The molecule has 6 aromatic carbocycles. The van der Waals surface area contributed by atoms with Gasteiger partial charge in [-0.3, -0.25) is 0 Å². The first-order chi connectivity index (χ1) is 14.7. The van der Waals surface area contributed by atoms with Gasteiger partial charge in [-0.15, -0.1) is 56.9 Å². The Bertz CT molecular complexity index is 1440. The van der Waals surface area contributed by atoms with Crippen molar-refractivity contribution < 1.29 is 25.8 Å². The van der Waals surface area contributed by atoms with Crippen molar-refractivity contribution in [2.45, 2.75) is 26.7 Å². The zero-order chi connectivity index (χ0) is 20.2. The Balaban J connectivity index is 0.00000102. The summed E-state index contributed by atoms with van der Waals surface area (Å²) in [6.07, 6.45) is 2.15. The minimum Gasteiger partial charge on any atom is -0.358 e. The molecule has 0 aliphatic heterocycles. The van der Waals surface area contributed by atoms with Gasteiger partial charge in [0.15, 0.2) is 0 Å². The Morgan fingerprint density at radius 3 is 1.36 bits per heavy atom. The number of aryl methyl sites for hydroxylation is 4. The van der Waals surface area contributed by atoms with Crippen LogP contribution in [0.2, 0.25) is 0 Å². The predicted molar refractivity (Wildman–Crippen MR) is 144 cm³/mol. The second-order valence-electron chi connectivity index (χ2n) is 8.61. The van der Waals surface area contributed by atoms with Gasteiger partial charge in [0.1, 0.15) is 0 Å². The second-order valence-corrected chi connectivity index (χ2v) is 8.61. The molecular formula is C32H30Hf. The van der Waals surface area contributed by atoms with Gasteiger partial charge in [-0.25, -0.2) is 0 Å². The van der Waals surface area contributed by atoms with Crippen LogP contribution in [0.1, 0.15) is 22.3 Å². The monoisotopic (exact) mass is 594 g/mol. The van der Waals surface area contributed by atoms with Gasteiger partial charge < -0.3 is 14.9 Å². The van der Waals surface area contributed by atoms with Crippen LogP contribution in [-0.2, 0) is 38.7 Å². The van der Waals surface area contributed by atoms with Crippen molar-refractivity contribution in [2.75, 3.05) is 0 Å². The van der Waals surface area contributed by atoms with Crippen molar-refractivity contribution in [1.29, 1.82) is 0 Å². The van der Waals surface area contributed by atoms with Crippen molar-refractivity contribution in [2.24, 2.45) is 0 Å². The Morgan fingerprint density at radius 1 is 0.545 bits per heavy atom. The molecule has 0 amide bonds. The normalized spacial score (nSPS) is 10.8. The fraction of sp³-hybridized carbons (Fsp3) is 0.125. The standard InChI is InChI=1S/C30H24.2CH3.Hf/c1-19-17-23-13-11-21-7-3-5-9-27(21)29(23)25(19)15-16-26-20(2)18-24-14-12-22-8-4-6-10-28(22)30(24)26;;;/h3-14,17-18H,15-16H2,1-2H3;2*1H3;/q-2;2*-1;+4. The summed E-state index contributed by atoms with van der Waals surface area (Å²) in [6, 6.07) is 31.4. The summed E-state index contributed by atoms with van der Waals surface area (Å²) < 4.78 is 0. The van der Waals surface area contributed by atoms with E-state index in [0.717, 1.165) is 12.8 Å². The van der Waals surface area contributed by atoms with Crippen molar-refractivity contribution in [3.63, 3.8) is 0 Å². The molecule has 0 aliphatic rings.